The van der Waals surface area contributed by atoms with E-state index in [0.29, 0.717) is 35.3 Å². The molecule has 8 heteroatoms. The Balaban J connectivity index is 1.38. The highest BCUT2D eigenvalue weighted by molar-refractivity contribution is 8.06. The fraction of sp³-hybridized carbons (Fsp3) is 0.400. The van der Waals surface area contributed by atoms with Gasteiger partial charge in [-0.2, -0.15) is 0 Å². The van der Waals surface area contributed by atoms with Gasteiger partial charge < -0.3 is 25.6 Å². The third-order valence-corrected chi connectivity index (χ3v) is 6.80. The molecule has 2 aliphatic rings. The van der Waals surface area contributed by atoms with E-state index < -0.39 is 4.99 Å². The number of nitrogens with one attached hydrogen (secondary N) is 1. The van der Waals surface area contributed by atoms with Crippen LogP contribution in [0.4, 0.5) is 5.69 Å². The van der Waals surface area contributed by atoms with Crippen LogP contribution < -0.4 is 20.5 Å². The quantitative estimate of drug-likeness (QED) is 0.460. The first-order chi connectivity index (χ1) is 16.0. The molecule has 1 atom stereocenters. The van der Waals surface area contributed by atoms with Crippen LogP contribution in [0, 0.1) is 0 Å². The summed E-state index contributed by atoms with van der Waals surface area (Å²) >= 11 is 1.38. The van der Waals surface area contributed by atoms with Gasteiger partial charge in [-0.1, -0.05) is 23.9 Å². The molecule has 0 bridgehead atoms. The van der Waals surface area contributed by atoms with E-state index >= 15 is 0 Å². The Morgan fingerprint density at radius 1 is 1.15 bits per heavy atom. The van der Waals surface area contributed by atoms with Gasteiger partial charge in [0.25, 0.3) is 0 Å². The number of nitrogens with zero attached hydrogens (tertiary/aromatic N) is 2. The first-order valence-corrected chi connectivity index (χ1v) is 12.2. The molecule has 2 aromatic rings. The normalized spacial score (nSPS) is 22.2. The van der Waals surface area contributed by atoms with E-state index in [9.17, 15) is 5.11 Å². The summed E-state index contributed by atoms with van der Waals surface area (Å²) < 4.78 is 11.4. The zero-order valence-electron chi connectivity index (χ0n) is 19.2. The number of aliphatic hydroxyl groups excluding tert-OH is 1. The van der Waals surface area contributed by atoms with Crippen LogP contribution in [0.15, 0.2) is 58.4 Å². The van der Waals surface area contributed by atoms with Crippen molar-refractivity contribution in [2.45, 2.75) is 31.7 Å². The van der Waals surface area contributed by atoms with Gasteiger partial charge in [-0.05, 0) is 76.2 Å². The van der Waals surface area contributed by atoms with Crippen LogP contribution in [0.1, 0.15) is 32.3 Å². The molecule has 0 radical (unpaired) electrons. The molecule has 2 heterocycles. The van der Waals surface area contributed by atoms with Gasteiger partial charge in [-0.15, -0.1) is 0 Å². The molecule has 7 nitrogen and oxygen atoms in total. The number of amidine groups is 1. The number of aliphatic hydroxyl groups is 1. The number of ether oxygens (including phenoxy) is 2. The van der Waals surface area contributed by atoms with E-state index in [2.05, 4.69) is 15.2 Å². The molecule has 0 amide bonds. The minimum absolute atomic E-state index is 0.0927. The molecule has 0 spiro atoms. The van der Waals surface area contributed by atoms with Gasteiger partial charge in [-0.3, -0.25) is 4.90 Å². The molecule has 1 saturated heterocycles. The summed E-state index contributed by atoms with van der Waals surface area (Å²) in [7, 11) is 0. The number of rotatable bonds is 9. The van der Waals surface area contributed by atoms with Crippen LogP contribution in [0.3, 0.4) is 0 Å². The van der Waals surface area contributed by atoms with Gasteiger partial charge >= 0.3 is 0 Å². The summed E-state index contributed by atoms with van der Waals surface area (Å²) in [4.78, 5) is 6.82. The highest BCUT2D eigenvalue weighted by atomic mass is 32.2. The second-order valence-electron chi connectivity index (χ2n) is 8.27. The highest BCUT2D eigenvalue weighted by Crippen LogP contribution is 2.43. The Labute approximate surface area is 199 Å². The summed E-state index contributed by atoms with van der Waals surface area (Å²) in [5.74, 6) is 1.94. The number of hydrogen-bond donors (Lipinski definition) is 3. The number of thioether (sulfide) groups is 1. The fourth-order valence-corrected chi connectivity index (χ4v) is 5.08. The summed E-state index contributed by atoms with van der Waals surface area (Å²) in [5.41, 5.74) is 7.73. The monoisotopic (exact) mass is 468 g/mol. The molecular formula is C25H32N4O3S. The van der Waals surface area contributed by atoms with E-state index in [-0.39, 0.29) is 5.76 Å². The SMILES string of the molecule is CCOc1cccc(C(O)=C2SC(C)(Nc3ccc(OCCN4CCCC4)cc3)N=C2N)c1. The van der Waals surface area contributed by atoms with E-state index in [4.69, 9.17) is 15.2 Å². The zero-order valence-corrected chi connectivity index (χ0v) is 20.0. The van der Waals surface area contributed by atoms with Gasteiger partial charge in [0.2, 0.25) is 0 Å². The van der Waals surface area contributed by atoms with E-state index in [1.165, 1.54) is 37.7 Å². The maximum atomic E-state index is 10.9. The van der Waals surface area contributed by atoms with E-state index in [1.807, 2.05) is 56.3 Å². The minimum Gasteiger partial charge on any atom is -0.506 e. The van der Waals surface area contributed by atoms with Gasteiger partial charge in [0, 0.05) is 17.8 Å². The maximum absolute atomic E-state index is 10.9. The number of aliphatic imine (C=N–C) groups is 1. The number of nitrogens with two attached hydrogens (primary N) is 1. The summed E-state index contributed by atoms with van der Waals surface area (Å²) in [6, 6.07) is 15.2. The summed E-state index contributed by atoms with van der Waals surface area (Å²) in [5, 5.41) is 14.3. The molecule has 0 saturated carbocycles. The highest BCUT2D eigenvalue weighted by Gasteiger charge is 2.35. The average Bonchev–Trinajstić information content (AvgIpc) is 3.42. The average molecular weight is 469 g/mol. The van der Waals surface area contributed by atoms with Crippen molar-refractivity contribution >= 4 is 29.0 Å². The minimum atomic E-state index is -0.733. The molecule has 4 rings (SSSR count). The van der Waals surface area contributed by atoms with Crippen molar-refractivity contribution in [1.82, 2.24) is 4.90 Å². The lowest BCUT2D eigenvalue weighted by atomic mass is 10.1. The first-order valence-electron chi connectivity index (χ1n) is 11.4. The molecule has 0 aliphatic carbocycles. The molecule has 176 valence electrons. The van der Waals surface area contributed by atoms with Gasteiger partial charge in [0.05, 0.1) is 11.5 Å². The third kappa shape index (κ3) is 5.94. The second-order valence-corrected chi connectivity index (χ2v) is 9.67. The summed E-state index contributed by atoms with van der Waals surface area (Å²) in [6.45, 7) is 8.43. The van der Waals surface area contributed by atoms with Crippen molar-refractivity contribution in [1.29, 1.82) is 0 Å². The van der Waals surface area contributed by atoms with Crippen molar-refractivity contribution in [2.75, 3.05) is 38.2 Å². The van der Waals surface area contributed by atoms with Crippen LogP contribution >= 0.6 is 11.8 Å². The molecule has 33 heavy (non-hydrogen) atoms. The predicted molar refractivity (Wildman–Crippen MR) is 136 cm³/mol. The molecule has 2 aliphatic heterocycles. The van der Waals surface area contributed by atoms with Crippen LogP contribution in [-0.4, -0.2) is 53.7 Å². The Hall–Kier alpha value is -2.84. The van der Waals surface area contributed by atoms with Gasteiger partial charge in [0.15, 0.2) is 4.99 Å². The smallest absolute Gasteiger partial charge is 0.181 e. The van der Waals surface area contributed by atoms with Crippen LogP contribution in [0.25, 0.3) is 5.76 Å². The molecular weight excluding hydrogens is 436 g/mol. The number of anilines is 1. The number of likely N-dealkylation sites (tertiary alicyclic amines) is 1. The van der Waals surface area contributed by atoms with Crippen molar-refractivity contribution < 1.29 is 14.6 Å². The lowest BCUT2D eigenvalue weighted by Gasteiger charge is -2.23. The van der Waals surface area contributed by atoms with Crippen LogP contribution in [-0.2, 0) is 0 Å². The van der Waals surface area contributed by atoms with Crippen molar-refractivity contribution in [3.63, 3.8) is 0 Å². The van der Waals surface area contributed by atoms with E-state index in [1.54, 1.807) is 6.07 Å². The zero-order chi connectivity index (χ0) is 23.3. The standard InChI is InChI=1S/C25H32N4O3S/c1-3-31-21-8-6-7-18(17-21)22(30)23-24(26)28-25(2,33-23)27-19-9-11-20(12-10-19)32-16-15-29-13-4-5-14-29/h6-12,17,27,30H,3-5,13-16H2,1-2H3,(H2,26,28). The molecule has 0 aromatic heterocycles. The maximum Gasteiger partial charge on any atom is 0.181 e. The van der Waals surface area contributed by atoms with Crippen molar-refractivity contribution in [3.8, 4) is 11.5 Å². The largest absolute Gasteiger partial charge is 0.506 e. The predicted octanol–water partition coefficient (Wildman–Crippen LogP) is 4.68. The van der Waals surface area contributed by atoms with E-state index in [0.717, 1.165) is 18.0 Å². The Bertz CT molecular complexity index is 1020. The topological polar surface area (TPSA) is 92.3 Å². The first kappa shape index (κ1) is 23.3. The lowest BCUT2D eigenvalue weighted by molar-refractivity contribution is 0.238. The van der Waals surface area contributed by atoms with Crippen molar-refractivity contribution in [2.24, 2.45) is 10.7 Å². The Morgan fingerprint density at radius 3 is 2.64 bits per heavy atom. The second kappa shape index (κ2) is 10.4. The van der Waals surface area contributed by atoms with Crippen molar-refractivity contribution in [3.05, 3.63) is 59.0 Å². The Morgan fingerprint density at radius 2 is 1.91 bits per heavy atom. The molecule has 2 aromatic carbocycles. The molecule has 4 N–H and O–H groups in total. The fourth-order valence-electron chi connectivity index (χ4n) is 4.01. The van der Waals surface area contributed by atoms with Crippen LogP contribution in [0.2, 0.25) is 0 Å². The molecule has 1 unspecified atom stereocenters. The van der Waals surface area contributed by atoms with Gasteiger partial charge in [0.1, 0.15) is 29.7 Å². The number of hydrogen-bond acceptors (Lipinski definition) is 8. The summed E-state index contributed by atoms with van der Waals surface area (Å²) in [6.07, 6.45) is 2.58. The van der Waals surface area contributed by atoms with Gasteiger partial charge in [-0.25, -0.2) is 4.99 Å². The third-order valence-electron chi connectivity index (χ3n) is 5.61. The molecule has 1 fully saturated rings. The Kier molecular flexibility index (Phi) is 7.35. The lowest BCUT2D eigenvalue weighted by Crippen LogP contribution is -2.26. The van der Waals surface area contributed by atoms with Crippen LogP contribution in [0.5, 0.6) is 11.5 Å². The number of benzene rings is 2.